The summed E-state index contributed by atoms with van der Waals surface area (Å²) < 4.78 is 7.07. The van der Waals surface area contributed by atoms with Crippen molar-refractivity contribution in [3.05, 3.63) is 24.3 Å². The Morgan fingerprint density at radius 2 is 2.06 bits per heavy atom. The van der Waals surface area contributed by atoms with E-state index in [0.717, 1.165) is 11.3 Å². The molecule has 1 heterocycles. The van der Waals surface area contributed by atoms with Gasteiger partial charge in [0.1, 0.15) is 5.75 Å². The fourth-order valence-corrected chi connectivity index (χ4v) is 1.65. The van der Waals surface area contributed by atoms with Crippen LogP contribution in [-0.4, -0.2) is 38.5 Å². The average Bonchev–Trinajstić information content (AvgIpc) is 2.86. The van der Waals surface area contributed by atoms with Crippen LogP contribution in [0.1, 0.15) is 13.3 Å². The smallest absolute Gasteiger partial charge is 0.182 e. The quantitative estimate of drug-likeness (QED) is 0.829. The van der Waals surface area contributed by atoms with E-state index >= 15 is 0 Å². The zero-order chi connectivity index (χ0) is 12.8. The lowest BCUT2D eigenvalue weighted by atomic mass is 10.2. The van der Waals surface area contributed by atoms with Gasteiger partial charge in [-0.25, -0.2) is 4.68 Å². The van der Waals surface area contributed by atoms with Crippen molar-refractivity contribution in [2.45, 2.75) is 19.9 Å². The van der Waals surface area contributed by atoms with Gasteiger partial charge in [-0.3, -0.25) is 0 Å². The fraction of sp³-hybridized carbons (Fsp3) is 0.417. The number of aromatic nitrogens is 4. The highest BCUT2D eigenvalue weighted by Crippen LogP contribution is 2.20. The molecule has 1 aromatic carbocycles. The molecule has 0 aliphatic rings. The Labute approximate surface area is 105 Å². The Morgan fingerprint density at radius 3 is 2.72 bits per heavy atom. The maximum atomic E-state index is 8.82. The number of hydrogen-bond donors (Lipinski definition) is 1. The number of aliphatic hydroxyl groups excluding tert-OH is 1. The average molecular weight is 248 g/mol. The highest BCUT2D eigenvalue weighted by Gasteiger charge is 2.08. The van der Waals surface area contributed by atoms with Crippen LogP contribution in [0.5, 0.6) is 5.75 Å². The zero-order valence-corrected chi connectivity index (χ0v) is 10.3. The van der Waals surface area contributed by atoms with Crippen LogP contribution >= 0.6 is 0 Å². The van der Waals surface area contributed by atoms with E-state index in [1.54, 1.807) is 4.68 Å². The first-order valence-corrected chi connectivity index (χ1v) is 5.95. The summed E-state index contributed by atoms with van der Waals surface area (Å²) in [6, 6.07) is 7.63. The summed E-state index contributed by atoms with van der Waals surface area (Å²) in [6.45, 7) is 3.32. The molecule has 2 aromatic rings. The molecule has 1 N–H and O–H groups in total. The predicted octanol–water partition coefficient (Wildman–Crippen LogP) is 1.12. The number of hydrogen-bond acceptors (Lipinski definition) is 5. The van der Waals surface area contributed by atoms with Gasteiger partial charge in [0.25, 0.3) is 0 Å². The van der Waals surface area contributed by atoms with Crippen LogP contribution in [0.15, 0.2) is 24.3 Å². The molecule has 6 nitrogen and oxygen atoms in total. The summed E-state index contributed by atoms with van der Waals surface area (Å²) in [4.78, 5) is 0. The van der Waals surface area contributed by atoms with E-state index in [4.69, 9.17) is 9.84 Å². The molecular weight excluding hydrogens is 232 g/mol. The van der Waals surface area contributed by atoms with Crippen molar-refractivity contribution in [3.63, 3.8) is 0 Å². The second-order valence-corrected chi connectivity index (χ2v) is 3.76. The van der Waals surface area contributed by atoms with Gasteiger partial charge in [0.15, 0.2) is 5.82 Å². The molecular formula is C12H16N4O2. The molecule has 0 unspecified atom stereocenters. The summed E-state index contributed by atoms with van der Waals surface area (Å²) >= 11 is 0. The lowest BCUT2D eigenvalue weighted by Gasteiger charge is -2.05. The third kappa shape index (κ3) is 2.84. The topological polar surface area (TPSA) is 73.1 Å². The van der Waals surface area contributed by atoms with E-state index in [1.807, 2.05) is 31.2 Å². The van der Waals surface area contributed by atoms with Gasteiger partial charge in [0.05, 0.1) is 6.61 Å². The van der Waals surface area contributed by atoms with Crippen molar-refractivity contribution in [2.24, 2.45) is 0 Å². The van der Waals surface area contributed by atoms with Crippen LogP contribution in [0.2, 0.25) is 0 Å². The van der Waals surface area contributed by atoms with Crippen molar-refractivity contribution in [1.29, 1.82) is 0 Å². The van der Waals surface area contributed by atoms with Gasteiger partial charge in [0, 0.05) is 18.7 Å². The lowest BCUT2D eigenvalue weighted by Crippen LogP contribution is -2.04. The normalized spacial score (nSPS) is 10.6. The standard InChI is InChI=1S/C12H16N4O2/c1-2-18-11-6-4-10(5-7-11)12-13-14-15-16(12)8-3-9-17/h4-7,17H,2-3,8-9H2,1H3. The van der Waals surface area contributed by atoms with Gasteiger partial charge < -0.3 is 9.84 Å². The number of nitrogens with zero attached hydrogens (tertiary/aromatic N) is 4. The van der Waals surface area contributed by atoms with Crippen molar-refractivity contribution in [3.8, 4) is 17.1 Å². The van der Waals surface area contributed by atoms with Gasteiger partial charge in [-0.05, 0) is 48.0 Å². The molecule has 0 saturated heterocycles. The molecule has 96 valence electrons. The first kappa shape index (κ1) is 12.5. The van der Waals surface area contributed by atoms with Crippen molar-refractivity contribution >= 4 is 0 Å². The minimum atomic E-state index is 0.128. The molecule has 18 heavy (non-hydrogen) atoms. The zero-order valence-electron chi connectivity index (χ0n) is 10.3. The number of rotatable bonds is 6. The molecule has 0 atom stereocenters. The second-order valence-electron chi connectivity index (χ2n) is 3.76. The predicted molar refractivity (Wildman–Crippen MR) is 66.1 cm³/mol. The number of aryl methyl sites for hydroxylation is 1. The van der Waals surface area contributed by atoms with Gasteiger partial charge in [-0.2, -0.15) is 0 Å². The van der Waals surface area contributed by atoms with Crippen LogP contribution < -0.4 is 4.74 Å². The van der Waals surface area contributed by atoms with Crippen LogP contribution in [0, 0.1) is 0 Å². The Morgan fingerprint density at radius 1 is 1.28 bits per heavy atom. The van der Waals surface area contributed by atoms with Crippen LogP contribution in [0.4, 0.5) is 0 Å². The SMILES string of the molecule is CCOc1ccc(-c2nnnn2CCCO)cc1. The first-order valence-electron chi connectivity index (χ1n) is 5.95. The number of tetrazole rings is 1. The van der Waals surface area contributed by atoms with E-state index in [-0.39, 0.29) is 6.61 Å². The monoisotopic (exact) mass is 248 g/mol. The van der Waals surface area contributed by atoms with Gasteiger partial charge >= 0.3 is 0 Å². The van der Waals surface area contributed by atoms with Crippen LogP contribution in [0.25, 0.3) is 11.4 Å². The largest absolute Gasteiger partial charge is 0.494 e. The number of benzene rings is 1. The maximum Gasteiger partial charge on any atom is 0.182 e. The molecule has 0 aliphatic carbocycles. The minimum absolute atomic E-state index is 0.128. The van der Waals surface area contributed by atoms with Crippen LogP contribution in [0.3, 0.4) is 0 Å². The molecule has 2 rings (SSSR count). The molecule has 0 amide bonds. The van der Waals surface area contributed by atoms with Gasteiger partial charge in [-0.15, -0.1) is 5.10 Å². The molecule has 0 saturated carbocycles. The van der Waals surface area contributed by atoms with Crippen molar-refractivity contribution in [1.82, 2.24) is 20.2 Å². The van der Waals surface area contributed by atoms with E-state index in [1.165, 1.54) is 0 Å². The van der Waals surface area contributed by atoms with E-state index < -0.39 is 0 Å². The minimum Gasteiger partial charge on any atom is -0.494 e. The number of ether oxygens (including phenoxy) is 1. The summed E-state index contributed by atoms with van der Waals surface area (Å²) in [5.74, 6) is 1.53. The summed E-state index contributed by atoms with van der Waals surface area (Å²) in [7, 11) is 0. The van der Waals surface area contributed by atoms with E-state index in [2.05, 4.69) is 15.5 Å². The van der Waals surface area contributed by atoms with Crippen molar-refractivity contribution in [2.75, 3.05) is 13.2 Å². The molecule has 0 bridgehead atoms. The van der Waals surface area contributed by atoms with E-state index in [9.17, 15) is 0 Å². The fourth-order valence-electron chi connectivity index (χ4n) is 1.65. The Hall–Kier alpha value is -1.95. The third-order valence-electron chi connectivity index (χ3n) is 2.48. The van der Waals surface area contributed by atoms with Gasteiger partial charge in [0.2, 0.25) is 0 Å². The summed E-state index contributed by atoms with van der Waals surface area (Å²) in [5, 5.41) is 20.4. The molecule has 6 heteroatoms. The second kappa shape index (κ2) is 6.11. The summed E-state index contributed by atoms with van der Waals surface area (Å²) in [6.07, 6.45) is 0.634. The Kier molecular flexibility index (Phi) is 4.25. The van der Waals surface area contributed by atoms with Gasteiger partial charge in [-0.1, -0.05) is 0 Å². The maximum absolute atomic E-state index is 8.82. The molecule has 0 spiro atoms. The van der Waals surface area contributed by atoms with E-state index in [0.29, 0.717) is 25.4 Å². The molecule has 0 aliphatic heterocycles. The Balaban J connectivity index is 2.17. The highest BCUT2D eigenvalue weighted by molar-refractivity contribution is 5.55. The lowest BCUT2D eigenvalue weighted by molar-refractivity contribution is 0.276. The first-order chi connectivity index (χ1) is 8.85. The molecule has 1 aromatic heterocycles. The third-order valence-corrected chi connectivity index (χ3v) is 2.48. The highest BCUT2D eigenvalue weighted by atomic mass is 16.5. The summed E-state index contributed by atoms with van der Waals surface area (Å²) in [5.41, 5.74) is 0.932. The number of aliphatic hydroxyl groups is 1. The van der Waals surface area contributed by atoms with Crippen molar-refractivity contribution < 1.29 is 9.84 Å². The molecule has 0 radical (unpaired) electrons. The Bertz CT molecular complexity index is 481. The molecule has 0 fully saturated rings. The van der Waals surface area contributed by atoms with Crippen LogP contribution in [-0.2, 0) is 6.54 Å².